The molecular formula is C50H100ClO2P. The first-order chi connectivity index (χ1) is 26.1. The van der Waals surface area contributed by atoms with Gasteiger partial charge in [0.15, 0.2) is 0 Å². The van der Waals surface area contributed by atoms with Crippen LogP contribution in [0, 0.1) is 0 Å². The summed E-state index contributed by atoms with van der Waals surface area (Å²) in [6, 6.07) is 0. The normalized spacial score (nSPS) is 12.5. The van der Waals surface area contributed by atoms with Gasteiger partial charge in [0.1, 0.15) is 0 Å². The molecule has 0 aliphatic rings. The molecule has 4 heteroatoms. The molecule has 0 aromatic rings. The molecule has 0 saturated heterocycles. The molecule has 0 N–H and O–H groups in total. The molecule has 0 spiro atoms. The minimum absolute atomic E-state index is 0. The maximum atomic E-state index is 11.9. The first kappa shape index (κ1) is 56.0. The van der Waals surface area contributed by atoms with E-state index in [-0.39, 0.29) is 32.4 Å². The first-order valence-electron chi connectivity index (χ1n) is 24.7. The van der Waals surface area contributed by atoms with Crippen molar-refractivity contribution in [2.75, 3.05) is 12.3 Å². The van der Waals surface area contributed by atoms with Gasteiger partial charge in [0, 0.05) is 6.08 Å². The van der Waals surface area contributed by atoms with Gasteiger partial charge in [-0.05, 0) is 50.6 Å². The van der Waals surface area contributed by atoms with Crippen LogP contribution in [-0.2, 0) is 9.53 Å². The van der Waals surface area contributed by atoms with E-state index in [4.69, 9.17) is 4.74 Å². The van der Waals surface area contributed by atoms with Crippen molar-refractivity contribution in [3.05, 3.63) is 12.7 Å². The summed E-state index contributed by atoms with van der Waals surface area (Å²) in [5.41, 5.74) is 0.735. The number of halogens is 1. The van der Waals surface area contributed by atoms with Crippen molar-refractivity contribution in [1.82, 2.24) is 0 Å². The zero-order valence-corrected chi connectivity index (χ0v) is 39.3. The van der Waals surface area contributed by atoms with E-state index in [0.717, 1.165) is 12.1 Å². The van der Waals surface area contributed by atoms with Crippen LogP contribution in [0.25, 0.3) is 0 Å². The minimum atomic E-state index is -0.260. The summed E-state index contributed by atoms with van der Waals surface area (Å²) in [6.45, 7) is 12.7. The van der Waals surface area contributed by atoms with E-state index >= 15 is 0 Å². The second-order valence-electron chi connectivity index (χ2n) is 17.2. The number of carbonyl (C=O) groups excluding carboxylic acids is 1. The zero-order valence-electron chi connectivity index (χ0n) is 37.6. The smallest absolute Gasteiger partial charge is 0.330 e. The summed E-state index contributed by atoms with van der Waals surface area (Å²) in [4.78, 5) is 11.9. The molecule has 0 radical (unpaired) electrons. The highest BCUT2D eigenvalue weighted by Gasteiger charge is 2.23. The van der Waals surface area contributed by atoms with Crippen LogP contribution in [-0.4, -0.2) is 30.1 Å². The van der Waals surface area contributed by atoms with Gasteiger partial charge >= 0.3 is 5.97 Å². The number of carbonyl (C=O) groups is 1. The number of rotatable bonds is 45. The molecule has 0 rings (SSSR count). The molecular weight excluding hydrogens is 699 g/mol. The van der Waals surface area contributed by atoms with Crippen LogP contribution >= 0.6 is 20.3 Å². The Kier molecular flexibility index (Phi) is 49.1. The second kappa shape index (κ2) is 47.3. The fourth-order valence-electron chi connectivity index (χ4n) is 8.37. The van der Waals surface area contributed by atoms with Gasteiger partial charge in [-0.15, -0.1) is 20.3 Å². The van der Waals surface area contributed by atoms with Gasteiger partial charge in [-0.3, -0.25) is 0 Å². The summed E-state index contributed by atoms with van der Waals surface area (Å²) < 4.78 is 5.66. The van der Waals surface area contributed by atoms with Crippen LogP contribution in [0.2, 0.25) is 0 Å². The van der Waals surface area contributed by atoms with Gasteiger partial charge in [-0.25, -0.2) is 4.79 Å². The highest BCUT2D eigenvalue weighted by molar-refractivity contribution is 7.58. The Morgan fingerprint density at radius 2 is 0.722 bits per heavy atom. The standard InChI is InChI=1S/C50H99O2P.ClH/c1-6-10-12-14-16-18-20-22-24-26-28-30-32-34-36-38-40-42-45-53(49(44-8-3)47-48(5)52-50(51)9-4)46-43-41-39-37-35-33-31-29-27-25-23-21-19-17-15-13-11-7-2;/h9,48-49H,4,6-8,10-47H2,1-3,5H3;1H. The average molecular weight is 800 g/mol. The maximum Gasteiger partial charge on any atom is 0.330 e. The predicted octanol–water partition coefficient (Wildman–Crippen LogP) is 18.6. The molecule has 54 heavy (non-hydrogen) atoms. The third kappa shape index (κ3) is 41.6. The maximum absolute atomic E-state index is 11.9. The summed E-state index contributed by atoms with van der Waals surface area (Å²) in [5.74, 6) is -0.260. The lowest BCUT2D eigenvalue weighted by Gasteiger charge is -2.30. The average Bonchev–Trinajstić information content (AvgIpc) is 3.15. The monoisotopic (exact) mass is 799 g/mol. The topological polar surface area (TPSA) is 26.3 Å². The van der Waals surface area contributed by atoms with Crippen LogP contribution in [0.1, 0.15) is 278 Å². The van der Waals surface area contributed by atoms with Gasteiger partial charge in [-0.2, -0.15) is 0 Å². The highest BCUT2D eigenvalue weighted by Crippen LogP contribution is 2.47. The summed E-state index contributed by atoms with van der Waals surface area (Å²) in [5, 5.41) is 0. The SMILES string of the molecule is C=CC(=O)OC(C)CC(CCC)P(CCCCCCCCCCCCCCCCCCCC)CCCCCCCCCCCCCCCCCCCC.Cl. The van der Waals surface area contributed by atoms with E-state index in [1.807, 2.05) is 0 Å². The van der Waals surface area contributed by atoms with Crippen molar-refractivity contribution in [3.63, 3.8) is 0 Å². The predicted molar refractivity (Wildman–Crippen MR) is 251 cm³/mol. The van der Waals surface area contributed by atoms with Crippen LogP contribution in [0.4, 0.5) is 0 Å². The molecule has 0 aliphatic carbocycles. The molecule has 0 amide bonds. The Morgan fingerprint density at radius 1 is 0.463 bits per heavy atom. The van der Waals surface area contributed by atoms with Gasteiger partial charge in [0.25, 0.3) is 0 Å². The van der Waals surface area contributed by atoms with Crippen molar-refractivity contribution in [2.45, 2.75) is 290 Å². The third-order valence-electron chi connectivity index (χ3n) is 11.8. The van der Waals surface area contributed by atoms with Gasteiger partial charge in [-0.1, -0.05) is 252 Å². The van der Waals surface area contributed by atoms with Crippen molar-refractivity contribution in [1.29, 1.82) is 0 Å². The number of ether oxygens (including phenoxy) is 1. The largest absolute Gasteiger partial charge is 0.460 e. The highest BCUT2D eigenvalue weighted by atomic mass is 35.5. The Morgan fingerprint density at radius 3 is 0.963 bits per heavy atom. The van der Waals surface area contributed by atoms with E-state index in [0.29, 0.717) is 0 Å². The Labute approximate surface area is 349 Å². The van der Waals surface area contributed by atoms with Gasteiger partial charge in [0.2, 0.25) is 0 Å². The molecule has 0 saturated carbocycles. The van der Waals surface area contributed by atoms with Gasteiger partial charge in [0.05, 0.1) is 6.10 Å². The molecule has 0 aliphatic heterocycles. The number of hydrogen-bond donors (Lipinski definition) is 0. The molecule has 0 fully saturated rings. The zero-order chi connectivity index (χ0) is 38.7. The number of hydrogen-bond acceptors (Lipinski definition) is 2. The molecule has 324 valence electrons. The van der Waals surface area contributed by atoms with E-state index in [1.54, 1.807) is 0 Å². The lowest BCUT2D eigenvalue weighted by Crippen LogP contribution is -2.21. The Balaban J connectivity index is 0. The molecule has 2 unspecified atom stereocenters. The third-order valence-corrected chi connectivity index (χ3v) is 15.1. The number of unbranched alkanes of at least 4 members (excludes halogenated alkanes) is 34. The second-order valence-corrected chi connectivity index (χ2v) is 20.0. The van der Waals surface area contributed by atoms with Crippen molar-refractivity contribution in [2.24, 2.45) is 0 Å². The van der Waals surface area contributed by atoms with Crippen LogP contribution in [0.5, 0.6) is 0 Å². The van der Waals surface area contributed by atoms with Crippen molar-refractivity contribution >= 4 is 26.3 Å². The summed E-state index contributed by atoms with van der Waals surface area (Å²) in [7, 11) is 0.00224. The van der Waals surface area contributed by atoms with E-state index in [2.05, 4.69) is 34.3 Å². The molecule has 0 aromatic carbocycles. The Bertz CT molecular complexity index is 689. The van der Waals surface area contributed by atoms with Crippen LogP contribution in [0.3, 0.4) is 0 Å². The molecule has 0 bridgehead atoms. The summed E-state index contributed by atoms with van der Waals surface area (Å²) >= 11 is 0. The van der Waals surface area contributed by atoms with Crippen molar-refractivity contribution in [3.8, 4) is 0 Å². The van der Waals surface area contributed by atoms with Crippen LogP contribution in [0.15, 0.2) is 12.7 Å². The van der Waals surface area contributed by atoms with Gasteiger partial charge < -0.3 is 4.74 Å². The van der Waals surface area contributed by atoms with E-state index in [1.165, 1.54) is 262 Å². The quantitative estimate of drug-likeness (QED) is 0.0265. The van der Waals surface area contributed by atoms with Crippen LogP contribution < -0.4 is 0 Å². The lowest BCUT2D eigenvalue weighted by molar-refractivity contribution is -0.142. The fourth-order valence-corrected chi connectivity index (χ4v) is 11.8. The molecule has 2 atom stereocenters. The number of esters is 1. The molecule has 2 nitrogen and oxygen atoms in total. The van der Waals surface area contributed by atoms with E-state index < -0.39 is 0 Å². The van der Waals surface area contributed by atoms with E-state index in [9.17, 15) is 4.79 Å². The fraction of sp³-hybridized carbons (Fsp3) is 0.940. The van der Waals surface area contributed by atoms with Crippen molar-refractivity contribution < 1.29 is 9.53 Å². The first-order valence-corrected chi connectivity index (χ1v) is 26.4. The summed E-state index contributed by atoms with van der Waals surface area (Å²) in [6.07, 6.45) is 59.7. The molecule has 0 heterocycles. The molecule has 0 aromatic heterocycles. The lowest BCUT2D eigenvalue weighted by atomic mass is 10.0. The minimum Gasteiger partial charge on any atom is -0.460 e. The Hall–Kier alpha value is -0.0700.